The molecule has 0 saturated heterocycles. The summed E-state index contributed by atoms with van der Waals surface area (Å²) in [5.41, 5.74) is 0. The van der Waals surface area contributed by atoms with E-state index in [2.05, 4.69) is 0 Å². The zero-order valence-electron chi connectivity index (χ0n) is 3.33. The molecule has 42 valence electrons. The van der Waals surface area contributed by atoms with Crippen LogP contribution in [0, 0.1) is 0 Å². The molecule has 0 aromatic heterocycles. The van der Waals surface area contributed by atoms with Crippen LogP contribution < -0.4 is 0 Å². The Kier molecular flexibility index (Phi) is 24.0. The first kappa shape index (κ1) is 16.5. The molecule has 0 heterocycles. The van der Waals surface area contributed by atoms with Gasteiger partial charge in [-0.05, 0) is 0 Å². The summed E-state index contributed by atoms with van der Waals surface area (Å²) in [6.07, 6.45) is -0.954. The third-order valence-electron chi connectivity index (χ3n) is 0.421. The van der Waals surface area contributed by atoms with Crippen LogP contribution >= 0.6 is 0 Å². The monoisotopic (exact) mass is 140 g/mol. The van der Waals surface area contributed by atoms with Gasteiger partial charge in [0.15, 0.2) is 0 Å². The number of aliphatic hydroxyl groups is 3. The van der Waals surface area contributed by atoms with Crippen molar-refractivity contribution in [3.05, 3.63) is 0 Å². The molecule has 0 fully saturated rings. The number of hydrogen-bond donors (Lipinski definition) is 3. The molecule has 0 unspecified atom stereocenters. The molecule has 0 aromatic carbocycles. The van der Waals surface area contributed by atoms with E-state index in [1.165, 1.54) is 0 Å². The third kappa shape index (κ3) is 10.8. The molecule has 5 heteroatoms. The molecule has 0 saturated carbocycles. The fraction of sp³-hybridized carbons (Fsp3) is 1.00. The third-order valence-corrected chi connectivity index (χ3v) is 0.421. The van der Waals surface area contributed by atoms with Gasteiger partial charge in [-0.3, -0.25) is 0 Å². The summed E-state index contributed by atoms with van der Waals surface area (Å²) in [5.74, 6) is 0. The molecule has 0 aliphatic carbocycles. The summed E-state index contributed by atoms with van der Waals surface area (Å²) in [6.45, 7) is -0.729. The normalized spacial score (nSPS) is 7.50. The Bertz CT molecular complexity index is 31.7. The van der Waals surface area contributed by atoms with Crippen LogP contribution in [-0.2, 0) is 0 Å². The molecule has 0 aliphatic rings. The fourth-order valence-electron chi connectivity index (χ4n) is 0.0577. The molecule has 0 bridgehead atoms. The van der Waals surface area contributed by atoms with E-state index in [0.717, 1.165) is 0 Å². The van der Waals surface area contributed by atoms with Crippen LogP contribution in [0.4, 0.5) is 0 Å². The van der Waals surface area contributed by atoms with Crippen LogP contribution in [-0.4, -0.2) is 93.8 Å². The van der Waals surface area contributed by atoms with Crippen LogP contribution in [0.25, 0.3) is 0 Å². The minimum atomic E-state index is -0.954. The maximum atomic E-state index is 8.17. The van der Waals surface area contributed by atoms with Crippen molar-refractivity contribution >= 4 is 59.1 Å². The SMILES string of the molecule is OCC(O)CO.[NaH].[NaH]. The first-order valence-electron chi connectivity index (χ1n) is 1.71. The second kappa shape index (κ2) is 11.6. The molecule has 0 radical (unpaired) electrons. The quantitative estimate of drug-likeness (QED) is 0.359. The zero-order valence-corrected chi connectivity index (χ0v) is 3.33. The molecule has 8 heavy (non-hydrogen) atoms. The van der Waals surface area contributed by atoms with E-state index < -0.39 is 6.10 Å². The first-order valence-corrected chi connectivity index (χ1v) is 1.71. The predicted octanol–water partition coefficient (Wildman–Crippen LogP) is -2.97. The Hall–Kier alpha value is 1.88. The summed E-state index contributed by atoms with van der Waals surface area (Å²) in [5, 5.41) is 24.0. The van der Waals surface area contributed by atoms with Crippen LogP contribution in [0.1, 0.15) is 0 Å². The topological polar surface area (TPSA) is 60.7 Å². The molecule has 3 nitrogen and oxygen atoms in total. The van der Waals surface area contributed by atoms with E-state index in [1.54, 1.807) is 0 Å². The van der Waals surface area contributed by atoms with E-state index in [1.807, 2.05) is 0 Å². The van der Waals surface area contributed by atoms with Gasteiger partial charge in [0, 0.05) is 0 Å². The van der Waals surface area contributed by atoms with Gasteiger partial charge in [-0.25, -0.2) is 0 Å². The van der Waals surface area contributed by atoms with Crippen molar-refractivity contribution in [1.29, 1.82) is 0 Å². The zero-order chi connectivity index (χ0) is 4.99. The predicted molar refractivity (Wildman–Crippen MR) is 34.5 cm³/mol. The average molecular weight is 140 g/mol. The Balaban J connectivity index is -0.000000125. The molecule has 0 atom stereocenters. The van der Waals surface area contributed by atoms with Crippen molar-refractivity contribution in [2.45, 2.75) is 6.10 Å². The fourth-order valence-corrected chi connectivity index (χ4v) is 0.0577. The van der Waals surface area contributed by atoms with E-state index in [-0.39, 0.29) is 72.3 Å². The van der Waals surface area contributed by atoms with E-state index in [9.17, 15) is 0 Å². The average Bonchev–Trinajstić information content (AvgIpc) is 1.65. The molecular formula is C3H10Na2O3. The van der Waals surface area contributed by atoms with Crippen LogP contribution in [0.5, 0.6) is 0 Å². The van der Waals surface area contributed by atoms with Crippen LogP contribution in [0.3, 0.4) is 0 Å². The van der Waals surface area contributed by atoms with Gasteiger partial charge < -0.3 is 15.3 Å². The van der Waals surface area contributed by atoms with Gasteiger partial charge in [0.1, 0.15) is 6.10 Å². The maximum absolute atomic E-state index is 8.17. The summed E-state index contributed by atoms with van der Waals surface area (Å²) in [6, 6.07) is 0. The van der Waals surface area contributed by atoms with Crippen molar-refractivity contribution in [3.8, 4) is 0 Å². The number of aliphatic hydroxyl groups excluding tert-OH is 3. The second-order valence-corrected chi connectivity index (χ2v) is 1.02. The number of hydrogen-bond acceptors (Lipinski definition) is 3. The minimum absolute atomic E-state index is 0. The van der Waals surface area contributed by atoms with Gasteiger partial charge in [0.05, 0.1) is 13.2 Å². The van der Waals surface area contributed by atoms with E-state index in [0.29, 0.717) is 0 Å². The first-order chi connectivity index (χ1) is 2.81. The Morgan fingerprint density at radius 3 is 1.25 bits per heavy atom. The summed E-state index contributed by atoms with van der Waals surface area (Å²) in [4.78, 5) is 0. The van der Waals surface area contributed by atoms with Crippen molar-refractivity contribution < 1.29 is 15.3 Å². The van der Waals surface area contributed by atoms with Gasteiger partial charge >= 0.3 is 59.1 Å². The number of rotatable bonds is 2. The van der Waals surface area contributed by atoms with Gasteiger partial charge in [-0.15, -0.1) is 0 Å². The molecule has 0 amide bonds. The molecular weight excluding hydrogens is 130 g/mol. The molecule has 0 spiro atoms. The van der Waals surface area contributed by atoms with Gasteiger partial charge in [0.2, 0.25) is 0 Å². The van der Waals surface area contributed by atoms with E-state index in [4.69, 9.17) is 15.3 Å². The summed E-state index contributed by atoms with van der Waals surface area (Å²) < 4.78 is 0. The standard InChI is InChI=1S/C3H8O3.2Na.2H/c4-1-3(6)2-5;;;;/h3-6H,1-2H2;;;;. The second-order valence-electron chi connectivity index (χ2n) is 1.02. The van der Waals surface area contributed by atoms with Gasteiger partial charge in [-0.1, -0.05) is 0 Å². The van der Waals surface area contributed by atoms with Crippen LogP contribution in [0.2, 0.25) is 0 Å². The van der Waals surface area contributed by atoms with E-state index >= 15 is 0 Å². The Morgan fingerprint density at radius 1 is 1.00 bits per heavy atom. The van der Waals surface area contributed by atoms with Crippen LogP contribution in [0.15, 0.2) is 0 Å². The molecule has 0 aromatic rings. The van der Waals surface area contributed by atoms with Crippen molar-refractivity contribution in [2.75, 3.05) is 13.2 Å². The Labute approximate surface area is 92.7 Å². The summed E-state index contributed by atoms with van der Waals surface area (Å²) >= 11 is 0. The van der Waals surface area contributed by atoms with Crippen molar-refractivity contribution in [2.24, 2.45) is 0 Å². The Morgan fingerprint density at radius 2 is 1.25 bits per heavy atom. The molecule has 3 N–H and O–H groups in total. The summed E-state index contributed by atoms with van der Waals surface area (Å²) in [7, 11) is 0. The van der Waals surface area contributed by atoms with Crippen molar-refractivity contribution in [3.63, 3.8) is 0 Å². The van der Waals surface area contributed by atoms with Gasteiger partial charge in [0.25, 0.3) is 0 Å². The molecule has 0 rings (SSSR count). The van der Waals surface area contributed by atoms with Gasteiger partial charge in [-0.2, -0.15) is 0 Å². The molecule has 0 aliphatic heterocycles. The van der Waals surface area contributed by atoms with Crippen molar-refractivity contribution in [1.82, 2.24) is 0 Å².